The van der Waals surface area contributed by atoms with Gasteiger partial charge >= 0.3 is 0 Å². The quantitative estimate of drug-likeness (QED) is 0.921. The average molecular weight is 346 g/mol. The molecule has 1 aliphatic rings. The van der Waals surface area contributed by atoms with Crippen LogP contribution < -0.4 is 5.32 Å². The highest BCUT2D eigenvalue weighted by Gasteiger charge is 2.29. The van der Waals surface area contributed by atoms with Crippen molar-refractivity contribution in [2.75, 3.05) is 12.4 Å². The summed E-state index contributed by atoms with van der Waals surface area (Å²) in [5.74, 6) is -0.104. The number of carbonyl (C=O) groups excluding carboxylic acids is 2. The smallest absolute Gasteiger partial charge is 0.238 e. The fourth-order valence-electron chi connectivity index (χ4n) is 2.41. The Morgan fingerprint density at radius 2 is 2.09 bits per heavy atom. The van der Waals surface area contributed by atoms with Crippen molar-refractivity contribution in [3.05, 3.63) is 46.2 Å². The summed E-state index contributed by atoms with van der Waals surface area (Å²) in [6.45, 7) is 2.64. The normalized spacial score (nSPS) is 16.6. The van der Waals surface area contributed by atoms with E-state index in [2.05, 4.69) is 11.4 Å². The number of fused-ring (bicyclic) bond motifs is 1. The monoisotopic (exact) mass is 346 g/mol. The van der Waals surface area contributed by atoms with Crippen LogP contribution in [0.2, 0.25) is 0 Å². The zero-order valence-corrected chi connectivity index (χ0v) is 14.7. The minimum atomic E-state index is -0.371. The fraction of sp³-hybridized carbons (Fsp3) is 0.294. The molecular formula is C17H18N2O2S2. The molecule has 4 nitrogen and oxygen atoms in total. The summed E-state index contributed by atoms with van der Waals surface area (Å²) in [4.78, 5) is 28.5. The number of aryl methyl sites for hydroxylation is 1. The molecule has 0 unspecified atom stereocenters. The highest BCUT2D eigenvalue weighted by Crippen LogP contribution is 2.36. The molecule has 1 atom stereocenters. The Hall–Kier alpha value is -1.79. The standard InChI is InChI=1S/C17H18N2O2S2/c1-11-7-8-22-15(11)10-19(2)16(20)9-14-17(21)18-12-5-3-4-6-13(12)23-14/h3-8,14H,9-10H2,1-2H3,(H,18,21)/t14-/m1/s1. The summed E-state index contributed by atoms with van der Waals surface area (Å²) in [5.41, 5.74) is 2.03. The Morgan fingerprint density at radius 1 is 1.30 bits per heavy atom. The van der Waals surface area contributed by atoms with Gasteiger partial charge in [0.05, 0.1) is 17.5 Å². The van der Waals surface area contributed by atoms with E-state index in [-0.39, 0.29) is 23.5 Å². The second kappa shape index (κ2) is 6.76. The molecule has 2 amide bonds. The summed E-state index contributed by atoms with van der Waals surface area (Å²) in [5, 5.41) is 4.54. The van der Waals surface area contributed by atoms with Gasteiger partial charge in [-0.15, -0.1) is 23.1 Å². The lowest BCUT2D eigenvalue weighted by atomic mass is 10.2. The van der Waals surface area contributed by atoms with Gasteiger partial charge in [-0.05, 0) is 36.1 Å². The van der Waals surface area contributed by atoms with Crippen molar-refractivity contribution in [1.82, 2.24) is 4.90 Å². The maximum atomic E-state index is 12.4. The maximum absolute atomic E-state index is 12.4. The predicted octanol–water partition coefficient (Wildman–Crippen LogP) is 3.52. The Morgan fingerprint density at radius 3 is 2.83 bits per heavy atom. The van der Waals surface area contributed by atoms with Gasteiger partial charge in [0.2, 0.25) is 11.8 Å². The van der Waals surface area contributed by atoms with Crippen LogP contribution in [0.5, 0.6) is 0 Å². The second-order valence-corrected chi connectivity index (χ2v) is 7.82. The van der Waals surface area contributed by atoms with E-state index in [1.807, 2.05) is 36.6 Å². The van der Waals surface area contributed by atoms with Gasteiger partial charge in [0.15, 0.2) is 0 Å². The van der Waals surface area contributed by atoms with E-state index in [0.717, 1.165) is 10.6 Å². The number of thioether (sulfide) groups is 1. The first kappa shape index (κ1) is 16.1. The van der Waals surface area contributed by atoms with Gasteiger partial charge in [0, 0.05) is 23.2 Å². The lowest BCUT2D eigenvalue weighted by Gasteiger charge is -2.25. The van der Waals surface area contributed by atoms with Gasteiger partial charge in [-0.3, -0.25) is 9.59 Å². The zero-order chi connectivity index (χ0) is 16.4. The molecule has 0 saturated heterocycles. The van der Waals surface area contributed by atoms with Crippen molar-refractivity contribution in [2.45, 2.75) is 30.0 Å². The van der Waals surface area contributed by atoms with Crippen molar-refractivity contribution < 1.29 is 9.59 Å². The SMILES string of the molecule is Cc1ccsc1CN(C)C(=O)C[C@H]1Sc2ccccc2NC1=O. The molecule has 0 bridgehead atoms. The van der Waals surface area contributed by atoms with Gasteiger partial charge in [0.25, 0.3) is 0 Å². The zero-order valence-electron chi connectivity index (χ0n) is 13.0. The third kappa shape index (κ3) is 3.59. The van der Waals surface area contributed by atoms with E-state index in [4.69, 9.17) is 0 Å². The van der Waals surface area contributed by atoms with Gasteiger partial charge in [0.1, 0.15) is 0 Å². The Labute approximate surface area is 143 Å². The average Bonchev–Trinajstić information content (AvgIpc) is 2.93. The molecule has 120 valence electrons. The first-order chi connectivity index (χ1) is 11.0. The van der Waals surface area contributed by atoms with Gasteiger partial charge in [-0.1, -0.05) is 12.1 Å². The minimum absolute atomic E-state index is 0.00942. The van der Waals surface area contributed by atoms with Crippen LogP contribution in [0, 0.1) is 6.92 Å². The van der Waals surface area contributed by atoms with Crippen LogP contribution in [0.25, 0.3) is 0 Å². The summed E-state index contributed by atoms with van der Waals surface area (Å²) in [7, 11) is 1.79. The number of rotatable bonds is 4. The molecule has 0 radical (unpaired) electrons. The van der Waals surface area contributed by atoms with Crippen LogP contribution >= 0.6 is 23.1 Å². The summed E-state index contributed by atoms with van der Waals surface area (Å²) in [6.07, 6.45) is 0.214. The third-order valence-electron chi connectivity index (χ3n) is 3.84. The molecular weight excluding hydrogens is 328 g/mol. The third-order valence-corrected chi connectivity index (χ3v) is 6.12. The minimum Gasteiger partial charge on any atom is -0.341 e. The molecule has 1 aromatic heterocycles. The van der Waals surface area contributed by atoms with E-state index in [0.29, 0.717) is 6.54 Å². The van der Waals surface area contributed by atoms with Crippen molar-refractivity contribution in [2.24, 2.45) is 0 Å². The molecule has 3 rings (SSSR count). The Bertz CT molecular complexity index is 742. The number of thiophene rings is 1. The highest BCUT2D eigenvalue weighted by molar-refractivity contribution is 8.01. The number of carbonyl (C=O) groups is 2. The first-order valence-corrected chi connectivity index (χ1v) is 9.14. The van der Waals surface area contributed by atoms with E-state index in [1.165, 1.54) is 22.2 Å². The van der Waals surface area contributed by atoms with Gasteiger partial charge in [-0.2, -0.15) is 0 Å². The molecule has 1 aliphatic heterocycles. The number of nitrogens with zero attached hydrogens (tertiary/aromatic N) is 1. The molecule has 0 aliphatic carbocycles. The number of hydrogen-bond donors (Lipinski definition) is 1. The number of nitrogens with one attached hydrogen (secondary N) is 1. The second-order valence-electron chi connectivity index (χ2n) is 5.57. The predicted molar refractivity (Wildman–Crippen MR) is 94.9 cm³/mol. The van der Waals surface area contributed by atoms with Gasteiger partial charge < -0.3 is 10.2 Å². The number of hydrogen-bond acceptors (Lipinski definition) is 4. The molecule has 1 N–H and O–H groups in total. The summed E-state index contributed by atoms with van der Waals surface area (Å²) in [6, 6.07) is 9.73. The summed E-state index contributed by atoms with van der Waals surface area (Å²) >= 11 is 3.12. The van der Waals surface area contributed by atoms with E-state index in [9.17, 15) is 9.59 Å². The number of benzene rings is 1. The van der Waals surface area contributed by atoms with Crippen LogP contribution in [-0.2, 0) is 16.1 Å². The molecule has 0 fully saturated rings. The van der Waals surface area contributed by atoms with Crippen molar-refractivity contribution in [3.8, 4) is 0 Å². The lowest BCUT2D eigenvalue weighted by molar-refractivity contribution is -0.131. The van der Waals surface area contributed by atoms with E-state index in [1.54, 1.807) is 23.3 Å². The molecule has 23 heavy (non-hydrogen) atoms. The van der Waals surface area contributed by atoms with E-state index >= 15 is 0 Å². The van der Waals surface area contributed by atoms with Crippen LogP contribution in [0.3, 0.4) is 0 Å². The van der Waals surface area contributed by atoms with Crippen molar-refractivity contribution in [1.29, 1.82) is 0 Å². The van der Waals surface area contributed by atoms with E-state index < -0.39 is 0 Å². The molecule has 0 spiro atoms. The first-order valence-electron chi connectivity index (χ1n) is 7.38. The Kier molecular flexibility index (Phi) is 4.73. The number of anilines is 1. The topological polar surface area (TPSA) is 49.4 Å². The number of para-hydroxylation sites is 1. The largest absolute Gasteiger partial charge is 0.341 e. The lowest BCUT2D eigenvalue weighted by Crippen LogP contribution is -2.35. The molecule has 6 heteroatoms. The molecule has 1 aromatic carbocycles. The van der Waals surface area contributed by atoms with Crippen molar-refractivity contribution in [3.63, 3.8) is 0 Å². The summed E-state index contributed by atoms with van der Waals surface area (Å²) < 4.78 is 0. The van der Waals surface area contributed by atoms with Gasteiger partial charge in [-0.25, -0.2) is 0 Å². The van der Waals surface area contributed by atoms with Crippen LogP contribution in [0.15, 0.2) is 40.6 Å². The molecule has 2 aromatic rings. The fourth-order valence-corrected chi connectivity index (χ4v) is 4.47. The maximum Gasteiger partial charge on any atom is 0.238 e. The highest BCUT2D eigenvalue weighted by atomic mass is 32.2. The van der Waals surface area contributed by atoms with Crippen LogP contribution in [-0.4, -0.2) is 29.0 Å². The van der Waals surface area contributed by atoms with Crippen LogP contribution in [0.1, 0.15) is 16.9 Å². The Balaban J connectivity index is 1.64. The number of amides is 2. The van der Waals surface area contributed by atoms with Crippen molar-refractivity contribution >= 4 is 40.6 Å². The molecule has 2 heterocycles. The van der Waals surface area contributed by atoms with Crippen LogP contribution in [0.4, 0.5) is 5.69 Å². The molecule has 0 saturated carbocycles.